The van der Waals surface area contributed by atoms with Crippen LogP contribution < -0.4 is 5.73 Å². The van der Waals surface area contributed by atoms with Crippen LogP contribution >= 0.6 is 27.3 Å². The lowest BCUT2D eigenvalue weighted by Crippen LogP contribution is -2.38. The van der Waals surface area contributed by atoms with Gasteiger partial charge in [0.05, 0.1) is 21.3 Å². The van der Waals surface area contributed by atoms with E-state index in [-0.39, 0.29) is 11.5 Å². The number of thiophene rings is 1. The Hall–Kier alpha value is -0.370. The van der Waals surface area contributed by atoms with Crippen LogP contribution in [0.15, 0.2) is 15.9 Å². The van der Waals surface area contributed by atoms with Crippen molar-refractivity contribution >= 4 is 27.3 Å². The maximum atomic E-state index is 9.14. The topological polar surface area (TPSA) is 49.8 Å². The van der Waals surface area contributed by atoms with Crippen LogP contribution in [0, 0.1) is 16.7 Å². The Balaban J connectivity index is 2.23. The summed E-state index contributed by atoms with van der Waals surface area (Å²) in [6, 6.07) is 6.28. The fraction of sp³-hybridized carbons (Fsp3) is 0.500. The Morgan fingerprint density at radius 1 is 1.57 bits per heavy atom. The Bertz CT molecular complexity index is 376. The Morgan fingerprint density at radius 3 is 2.64 bits per heavy atom. The van der Waals surface area contributed by atoms with Gasteiger partial charge in [0, 0.05) is 4.88 Å². The fourth-order valence-electron chi connectivity index (χ4n) is 1.82. The van der Waals surface area contributed by atoms with Crippen molar-refractivity contribution in [1.82, 2.24) is 0 Å². The molecule has 4 heteroatoms. The highest BCUT2D eigenvalue weighted by Crippen LogP contribution is 2.49. The van der Waals surface area contributed by atoms with Crippen molar-refractivity contribution in [3.63, 3.8) is 0 Å². The fourth-order valence-corrected chi connectivity index (χ4v) is 3.36. The molecule has 1 saturated carbocycles. The number of halogens is 1. The number of hydrogen-bond acceptors (Lipinski definition) is 3. The monoisotopic (exact) mass is 270 g/mol. The van der Waals surface area contributed by atoms with Crippen molar-refractivity contribution in [2.24, 2.45) is 11.1 Å². The van der Waals surface area contributed by atoms with Gasteiger partial charge >= 0.3 is 0 Å². The van der Waals surface area contributed by atoms with E-state index in [1.165, 1.54) is 0 Å². The van der Waals surface area contributed by atoms with Crippen LogP contribution in [0.2, 0.25) is 0 Å². The first kappa shape index (κ1) is 10.2. The zero-order valence-corrected chi connectivity index (χ0v) is 10.1. The molecule has 1 fully saturated rings. The van der Waals surface area contributed by atoms with Gasteiger partial charge in [-0.3, -0.25) is 0 Å². The standard InChI is InChI=1S/C10H11BrN2S/c11-8-3-2-7(14-8)9(13)10(6-12)4-1-5-10/h2-3,9H,1,4-5,13H2. The van der Waals surface area contributed by atoms with Crippen molar-refractivity contribution in [3.8, 4) is 6.07 Å². The van der Waals surface area contributed by atoms with Gasteiger partial charge < -0.3 is 5.73 Å². The highest BCUT2D eigenvalue weighted by atomic mass is 79.9. The molecule has 2 nitrogen and oxygen atoms in total. The van der Waals surface area contributed by atoms with E-state index in [1.807, 2.05) is 12.1 Å². The van der Waals surface area contributed by atoms with E-state index >= 15 is 0 Å². The molecule has 0 bridgehead atoms. The normalized spacial score (nSPS) is 20.9. The molecule has 1 aromatic heterocycles. The highest BCUT2D eigenvalue weighted by Gasteiger charge is 2.44. The lowest BCUT2D eigenvalue weighted by molar-refractivity contribution is 0.171. The van der Waals surface area contributed by atoms with E-state index in [1.54, 1.807) is 11.3 Å². The molecule has 0 aliphatic heterocycles. The van der Waals surface area contributed by atoms with Crippen LogP contribution in [-0.2, 0) is 0 Å². The first-order valence-electron chi connectivity index (χ1n) is 4.60. The van der Waals surface area contributed by atoms with E-state index in [0.29, 0.717) is 0 Å². The van der Waals surface area contributed by atoms with E-state index in [2.05, 4.69) is 22.0 Å². The van der Waals surface area contributed by atoms with E-state index in [0.717, 1.165) is 27.9 Å². The minimum atomic E-state index is -0.287. The van der Waals surface area contributed by atoms with Gasteiger partial charge in [0.15, 0.2) is 0 Å². The summed E-state index contributed by atoms with van der Waals surface area (Å²) in [6.45, 7) is 0. The summed E-state index contributed by atoms with van der Waals surface area (Å²) in [6.07, 6.45) is 3.02. The molecular formula is C10H11BrN2S. The highest BCUT2D eigenvalue weighted by molar-refractivity contribution is 9.11. The molecule has 0 radical (unpaired) electrons. The Kier molecular flexibility index (Phi) is 2.65. The predicted molar refractivity (Wildman–Crippen MR) is 60.8 cm³/mol. The molecule has 1 unspecified atom stereocenters. The lowest BCUT2D eigenvalue weighted by Gasteiger charge is -2.39. The number of rotatable bonds is 2. The largest absolute Gasteiger partial charge is 0.322 e. The Labute approximate surface area is 95.9 Å². The van der Waals surface area contributed by atoms with Crippen molar-refractivity contribution in [2.75, 3.05) is 0 Å². The quantitative estimate of drug-likeness (QED) is 0.897. The van der Waals surface area contributed by atoms with Gasteiger partial charge in [0.2, 0.25) is 0 Å². The summed E-state index contributed by atoms with van der Waals surface area (Å²) < 4.78 is 1.08. The van der Waals surface area contributed by atoms with Gasteiger partial charge in [-0.1, -0.05) is 6.42 Å². The van der Waals surface area contributed by atoms with Crippen molar-refractivity contribution in [2.45, 2.75) is 25.3 Å². The average Bonchev–Trinajstić information content (AvgIpc) is 2.50. The maximum Gasteiger partial charge on any atom is 0.0774 e. The summed E-state index contributed by atoms with van der Waals surface area (Å²) in [5, 5.41) is 9.14. The molecule has 1 aliphatic rings. The third-order valence-electron chi connectivity index (χ3n) is 2.96. The van der Waals surface area contributed by atoms with Crippen molar-refractivity contribution < 1.29 is 0 Å². The van der Waals surface area contributed by atoms with Crippen LogP contribution in [0.1, 0.15) is 30.2 Å². The van der Waals surface area contributed by atoms with E-state index in [9.17, 15) is 0 Å². The number of hydrogen-bond donors (Lipinski definition) is 1. The van der Waals surface area contributed by atoms with Gasteiger partial charge in [-0.05, 0) is 40.9 Å². The van der Waals surface area contributed by atoms with E-state index in [4.69, 9.17) is 11.0 Å². The average molecular weight is 271 g/mol. The predicted octanol–water partition coefficient (Wildman–Crippen LogP) is 3.20. The Morgan fingerprint density at radius 2 is 2.29 bits per heavy atom. The second kappa shape index (κ2) is 3.65. The SMILES string of the molecule is N#CC1(C(N)c2ccc(Br)s2)CCC1. The number of nitriles is 1. The molecule has 2 N–H and O–H groups in total. The molecule has 0 amide bonds. The second-order valence-corrected chi connectivity index (χ2v) is 6.24. The van der Waals surface area contributed by atoms with Gasteiger partial charge in [0.1, 0.15) is 0 Å². The van der Waals surface area contributed by atoms with Crippen LogP contribution in [0.25, 0.3) is 0 Å². The lowest BCUT2D eigenvalue weighted by atomic mass is 9.65. The number of nitrogens with two attached hydrogens (primary N) is 1. The van der Waals surface area contributed by atoms with Gasteiger partial charge in [-0.2, -0.15) is 5.26 Å². The molecule has 1 aromatic rings. The van der Waals surface area contributed by atoms with Gasteiger partial charge in [-0.25, -0.2) is 0 Å². The molecule has 1 atom stereocenters. The molecule has 0 spiro atoms. The van der Waals surface area contributed by atoms with Crippen LogP contribution in [0.3, 0.4) is 0 Å². The summed E-state index contributed by atoms with van der Waals surface area (Å²) >= 11 is 5.04. The molecule has 14 heavy (non-hydrogen) atoms. The molecule has 2 rings (SSSR count). The maximum absolute atomic E-state index is 9.14. The molecule has 1 heterocycles. The zero-order chi connectivity index (χ0) is 10.2. The number of nitrogens with zero attached hydrogens (tertiary/aromatic N) is 1. The van der Waals surface area contributed by atoms with Gasteiger partial charge in [-0.15, -0.1) is 11.3 Å². The van der Waals surface area contributed by atoms with Crippen LogP contribution in [0.5, 0.6) is 0 Å². The molecule has 0 saturated heterocycles. The summed E-state index contributed by atoms with van der Waals surface area (Å²) in [5.74, 6) is 0. The summed E-state index contributed by atoms with van der Waals surface area (Å²) in [7, 11) is 0. The smallest absolute Gasteiger partial charge is 0.0774 e. The first-order chi connectivity index (χ1) is 6.68. The third kappa shape index (κ3) is 1.50. The van der Waals surface area contributed by atoms with Crippen molar-refractivity contribution in [1.29, 1.82) is 5.26 Å². The molecular weight excluding hydrogens is 260 g/mol. The zero-order valence-electron chi connectivity index (χ0n) is 7.66. The molecule has 0 aromatic carbocycles. The molecule has 1 aliphatic carbocycles. The van der Waals surface area contributed by atoms with Crippen molar-refractivity contribution in [3.05, 3.63) is 20.8 Å². The van der Waals surface area contributed by atoms with Crippen LogP contribution in [-0.4, -0.2) is 0 Å². The minimum absolute atomic E-state index is 0.113. The second-order valence-electron chi connectivity index (χ2n) is 3.74. The van der Waals surface area contributed by atoms with Gasteiger partial charge in [0.25, 0.3) is 0 Å². The van der Waals surface area contributed by atoms with Crippen LogP contribution in [0.4, 0.5) is 0 Å². The summed E-state index contributed by atoms with van der Waals surface area (Å²) in [4.78, 5) is 1.11. The third-order valence-corrected chi connectivity index (χ3v) is 4.67. The van der Waals surface area contributed by atoms with E-state index < -0.39 is 0 Å². The minimum Gasteiger partial charge on any atom is -0.322 e. The molecule has 74 valence electrons. The summed E-state index contributed by atoms with van der Waals surface area (Å²) in [5.41, 5.74) is 5.84. The first-order valence-corrected chi connectivity index (χ1v) is 6.21.